The lowest BCUT2D eigenvalue weighted by molar-refractivity contribution is 0.553. The molecule has 0 spiro atoms. The quantitative estimate of drug-likeness (QED) is 0.895. The lowest BCUT2D eigenvalue weighted by Gasteiger charge is -2.23. The van der Waals surface area contributed by atoms with Gasteiger partial charge in [0.2, 0.25) is 0 Å². The Morgan fingerprint density at radius 2 is 2.00 bits per heavy atom. The van der Waals surface area contributed by atoms with Gasteiger partial charge in [-0.25, -0.2) is 9.97 Å². The molecule has 3 heteroatoms. The highest BCUT2D eigenvalue weighted by Crippen LogP contribution is 2.31. The van der Waals surface area contributed by atoms with Gasteiger partial charge in [-0.3, -0.25) is 0 Å². The largest absolute Gasteiger partial charge is 0.384 e. The van der Waals surface area contributed by atoms with E-state index in [0.717, 1.165) is 37.2 Å². The SMILES string of the molecule is CCc1cc(N)nc(C2CCc3ccccc3C2)n1. The topological polar surface area (TPSA) is 51.8 Å². The average Bonchev–Trinajstić information content (AvgIpc) is 2.46. The van der Waals surface area contributed by atoms with E-state index >= 15 is 0 Å². The third-order valence-corrected chi connectivity index (χ3v) is 3.89. The summed E-state index contributed by atoms with van der Waals surface area (Å²) in [4.78, 5) is 9.10. The number of anilines is 1. The number of aromatic nitrogens is 2. The van der Waals surface area contributed by atoms with Crippen LogP contribution in [0, 0.1) is 0 Å². The van der Waals surface area contributed by atoms with E-state index in [-0.39, 0.29) is 0 Å². The summed E-state index contributed by atoms with van der Waals surface area (Å²) in [6.07, 6.45) is 4.16. The number of hydrogen-bond donors (Lipinski definition) is 1. The van der Waals surface area contributed by atoms with Crippen molar-refractivity contribution in [2.45, 2.75) is 38.5 Å². The highest BCUT2D eigenvalue weighted by atomic mass is 15.0. The zero-order valence-electron chi connectivity index (χ0n) is 11.3. The third kappa shape index (κ3) is 2.46. The number of fused-ring (bicyclic) bond motifs is 1. The first-order valence-electron chi connectivity index (χ1n) is 6.96. The van der Waals surface area contributed by atoms with Gasteiger partial charge < -0.3 is 5.73 Å². The zero-order valence-corrected chi connectivity index (χ0v) is 11.3. The van der Waals surface area contributed by atoms with Gasteiger partial charge in [0, 0.05) is 17.7 Å². The molecule has 3 nitrogen and oxygen atoms in total. The average molecular weight is 253 g/mol. The highest BCUT2D eigenvalue weighted by Gasteiger charge is 2.22. The van der Waals surface area contributed by atoms with Crippen molar-refractivity contribution in [1.29, 1.82) is 0 Å². The van der Waals surface area contributed by atoms with E-state index < -0.39 is 0 Å². The first-order chi connectivity index (χ1) is 9.26. The fourth-order valence-electron chi connectivity index (χ4n) is 2.82. The molecule has 1 aromatic carbocycles. The molecule has 0 amide bonds. The van der Waals surface area contributed by atoms with E-state index in [1.54, 1.807) is 0 Å². The smallest absolute Gasteiger partial charge is 0.134 e. The number of nitrogens with two attached hydrogens (primary N) is 1. The van der Waals surface area contributed by atoms with Gasteiger partial charge >= 0.3 is 0 Å². The molecular weight excluding hydrogens is 234 g/mol. The molecule has 0 fully saturated rings. The third-order valence-electron chi connectivity index (χ3n) is 3.89. The zero-order chi connectivity index (χ0) is 13.2. The monoisotopic (exact) mass is 253 g/mol. The Morgan fingerprint density at radius 3 is 2.79 bits per heavy atom. The molecule has 0 saturated carbocycles. The number of nitrogen functional groups attached to an aromatic ring is 1. The number of benzene rings is 1. The number of hydrogen-bond acceptors (Lipinski definition) is 3. The summed E-state index contributed by atoms with van der Waals surface area (Å²) >= 11 is 0. The summed E-state index contributed by atoms with van der Waals surface area (Å²) in [6, 6.07) is 10.5. The molecule has 0 bridgehead atoms. The molecule has 1 aliphatic rings. The molecule has 1 aliphatic carbocycles. The summed E-state index contributed by atoms with van der Waals surface area (Å²) in [5.41, 5.74) is 9.83. The molecule has 3 rings (SSSR count). The molecule has 1 unspecified atom stereocenters. The van der Waals surface area contributed by atoms with E-state index in [2.05, 4.69) is 41.2 Å². The van der Waals surface area contributed by atoms with Crippen LogP contribution in [0.15, 0.2) is 30.3 Å². The van der Waals surface area contributed by atoms with Crippen LogP contribution in [0.4, 0.5) is 5.82 Å². The van der Waals surface area contributed by atoms with E-state index in [1.165, 1.54) is 11.1 Å². The van der Waals surface area contributed by atoms with Gasteiger partial charge in [0.15, 0.2) is 0 Å². The normalized spacial score (nSPS) is 18.1. The molecule has 0 saturated heterocycles. The minimum absolute atomic E-state index is 0.406. The summed E-state index contributed by atoms with van der Waals surface area (Å²) < 4.78 is 0. The van der Waals surface area contributed by atoms with Crippen molar-refractivity contribution in [2.75, 3.05) is 5.73 Å². The maximum atomic E-state index is 5.89. The minimum Gasteiger partial charge on any atom is -0.384 e. The maximum Gasteiger partial charge on any atom is 0.134 e. The van der Waals surface area contributed by atoms with Crippen molar-refractivity contribution >= 4 is 5.82 Å². The molecular formula is C16H19N3. The van der Waals surface area contributed by atoms with Gasteiger partial charge in [-0.15, -0.1) is 0 Å². The Balaban J connectivity index is 1.90. The van der Waals surface area contributed by atoms with Gasteiger partial charge in [-0.05, 0) is 36.8 Å². The molecule has 0 aliphatic heterocycles. The second-order valence-corrected chi connectivity index (χ2v) is 5.20. The van der Waals surface area contributed by atoms with Crippen molar-refractivity contribution in [3.8, 4) is 0 Å². The summed E-state index contributed by atoms with van der Waals surface area (Å²) in [6.45, 7) is 2.10. The van der Waals surface area contributed by atoms with Gasteiger partial charge in [0.1, 0.15) is 11.6 Å². The van der Waals surface area contributed by atoms with Crippen LogP contribution in [0.3, 0.4) is 0 Å². The van der Waals surface area contributed by atoms with E-state index in [4.69, 9.17) is 5.73 Å². The fraction of sp³-hybridized carbons (Fsp3) is 0.375. The Kier molecular flexibility index (Phi) is 3.20. The highest BCUT2D eigenvalue weighted by molar-refractivity contribution is 5.34. The Morgan fingerprint density at radius 1 is 1.21 bits per heavy atom. The van der Waals surface area contributed by atoms with Crippen LogP contribution in [0.5, 0.6) is 0 Å². The minimum atomic E-state index is 0.406. The molecule has 1 atom stereocenters. The van der Waals surface area contributed by atoms with Gasteiger partial charge in [-0.2, -0.15) is 0 Å². The Bertz CT molecular complexity index is 592. The van der Waals surface area contributed by atoms with Crippen LogP contribution in [0.2, 0.25) is 0 Å². The summed E-state index contributed by atoms with van der Waals surface area (Å²) in [7, 11) is 0. The lowest BCUT2D eigenvalue weighted by atomic mass is 9.83. The second kappa shape index (κ2) is 5.00. The molecule has 0 radical (unpaired) electrons. The van der Waals surface area contributed by atoms with Crippen LogP contribution < -0.4 is 5.73 Å². The van der Waals surface area contributed by atoms with Gasteiger partial charge in [0.05, 0.1) is 0 Å². The molecule has 1 heterocycles. The van der Waals surface area contributed by atoms with Crippen molar-refractivity contribution in [3.63, 3.8) is 0 Å². The predicted molar refractivity (Wildman–Crippen MR) is 77.0 cm³/mol. The molecule has 98 valence electrons. The summed E-state index contributed by atoms with van der Waals surface area (Å²) in [5, 5.41) is 0. The van der Waals surface area contributed by atoms with Crippen molar-refractivity contribution in [2.24, 2.45) is 0 Å². The van der Waals surface area contributed by atoms with Gasteiger partial charge in [0.25, 0.3) is 0 Å². The first kappa shape index (κ1) is 12.2. The van der Waals surface area contributed by atoms with Crippen molar-refractivity contribution in [3.05, 3.63) is 53.0 Å². The summed E-state index contributed by atoms with van der Waals surface area (Å²) in [5.74, 6) is 1.93. The second-order valence-electron chi connectivity index (χ2n) is 5.20. The molecule has 2 aromatic rings. The number of nitrogens with zero attached hydrogens (tertiary/aromatic N) is 2. The van der Waals surface area contributed by atoms with Crippen LogP contribution in [-0.4, -0.2) is 9.97 Å². The van der Waals surface area contributed by atoms with Crippen molar-refractivity contribution in [1.82, 2.24) is 9.97 Å². The molecule has 19 heavy (non-hydrogen) atoms. The lowest BCUT2D eigenvalue weighted by Crippen LogP contribution is -2.16. The van der Waals surface area contributed by atoms with Crippen LogP contribution in [-0.2, 0) is 19.3 Å². The first-order valence-corrected chi connectivity index (χ1v) is 6.96. The van der Waals surface area contributed by atoms with E-state index in [1.807, 2.05) is 6.07 Å². The van der Waals surface area contributed by atoms with Crippen molar-refractivity contribution < 1.29 is 0 Å². The fourth-order valence-corrected chi connectivity index (χ4v) is 2.82. The maximum absolute atomic E-state index is 5.89. The number of aryl methyl sites for hydroxylation is 2. The molecule has 2 N–H and O–H groups in total. The Labute approximate surface area is 113 Å². The van der Waals surface area contributed by atoms with E-state index in [9.17, 15) is 0 Å². The van der Waals surface area contributed by atoms with Gasteiger partial charge in [-0.1, -0.05) is 31.2 Å². The molecule has 1 aromatic heterocycles. The van der Waals surface area contributed by atoms with Crippen LogP contribution in [0.1, 0.15) is 41.9 Å². The van der Waals surface area contributed by atoms with Crippen LogP contribution in [0.25, 0.3) is 0 Å². The standard InChI is InChI=1S/C16H19N3/c1-2-14-10-15(17)19-16(18-14)13-8-7-11-5-3-4-6-12(11)9-13/h3-6,10,13H,2,7-9H2,1H3,(H2,17,18,19). The number of rotatable bonds is 2. The van der Waals surface area contributed by atoms with E-state index in [0.29, 0.717) is 11.7 Å². The van der Waals surface area contributed by atoms with Crippen LogP contribution >= 0.6 is 0 Å². The Hall–Kier alpha value is -1.90. The predicted octanol–water partition coefficient (Wildman–Crippen LogP) is 2.89.